The predicted molar refractivity (Wildman–Crippen MR) is 61.9 cm³/mol. The van der Waals surface area contributed by atoms with Crippen LogP contribution in [0, 0.1) is 0 Å². The van der Waals surface area contributed by atoms with E-state index in [4.69, 9.17) is 0 Å². The summed E-state index contributed by atoms with van der Waals surface area (Å²) in [6.45, 7) is 1.91. The molecule has 0 atom stereocenters. The number of rotatable bonds is 2. The van der Waals surface area contributed by atoms with Gasteiger partial charge in [-0.15, -0.1) is 0 Å². The Morgan fingerprint density at radius 1 is 1.47 bits per heavy atom. The Balaban J connectivity index is 2.05. The van der Waals surface area contributed by atoms with Gasteiger partial charge in [0.25, 0.3) is 5.91 Å². The number of amides is 1. The van der Waals surface area contributed by atoms with Crippen molar-refractivity contribution in [3.8, 4) is 0 Å². The van der Waals surface area contributed by atoms with Gasteiger partial charge in [0.1, 0.15) is 5.82 Å². The third-order valence-corrected chi connectivity index (χ3v) is 3.32. The first-order chi connectivity index (χ1) is 7.27. The summed E-state index contributed by atoms with van der Waals surface area (Å²) >= 11 is 1.34. The molecule has 4 heteroatoms. The van der Waals surface area contributed by atoms with Crippen molar-refractivity contribution in [3.63, 3.8) is 0 Å². The summed E-state index contributed by atoms with van der Waals surface area (Å²) < 4.78 is 4.05. The van der Waals surface area contributed by atoms with Gasteiger partial charge in [0.2, 0.25) is 0 Å². The molecule has 0 saturated heterocycles. The van der Waals surface area contributed by atoms with E-state index in [2.05, 4.69) is 9.69 Å². The number of carbonyl (C=O) groups excluding carboxylic acids is 1. The van der Waals surface area contributed by atoms with Crippen LogP contribution in [-0.4, -0.2) is 10.3 Å². The average Bonchev–Trinajstić information content (AvgIpc) is 2.88. The Bertz CT molecular complexity index is 373. The van der Waals surface area contributed by atoms with E-state index >= 15 is 0 Å². The smallest absolute Gasteiger partial charge is 0.252 e. The number of aromatic nitrogens is 1. The first-order valence-corrected chi connectivity index (χ1v) is 6.01. The van der Waals surface area contributed by atoms with Crippen molar-refractivity contribution in [1.82, 2.24) is 4.37 Å². The summed E-state index contributed by atoms with van der Waals surface area (Å²) in [6.07, 6.45) is 4.60. The standard InChI is InChI=1S/C11H14N2OS/c1-8(9-4-2-3-5-9)11(14)12-10-6-7-15-13-10/h6-7H,2-5H2,1H3,(H,12,13,14). The summed E-state index contributed by atoms with van der Waals surface area (Å²) in [6, 6.07) is 1.81. The molecule has 1 N–H and O–H groups in total. The van der Waals surface area contributed by atoms with Crippen molar-refractivity contribution < 1.29 is 4.79 Å². The highest BCUT2D eigenvalue weighted by Gasteiger charge is 2.15. The highest BCUT2D eigenvalue weighted by molar-refractivity contribution is 7.03. The molecule has 0 aliphatic heterocycles. The second kappa shape index (κ2) is 4.57. The topological polar surface area (TPSA) is 42.0 Å². The zero-order valence-corrected chi connectivity index (χ0v) is 9.56. The van der Waals surface area contributed by atoms with Crippen molar-refractivity contribution in [3.05, 3.63) is 22.6 Å². The molecule has 1 aromatic heterocycles. The molecule has 1 aromatic rings. The minimum atomic E-state index is -0.00204. The largest absolute Gasteiger partial charge is 0.306 e. The number of nitrogens with one attached hydrogen (secondary N) is 1. The van der Waals surface area contributed by atoms with Crippen LogP contribution in [-0.2, 0) is 4.79 Å². The second-order valence-electron chi connectivity index (χ2n) is 3.77. The lowest BCUT2D eigenvalue weighted by molar-refractivity contribution is -0.112. The Morgan fingerprint density at radius 3 is 2.80 bits per heavy atom. The lowest BCUT2D eigenvalue weighted by Gasteiger charge is -2.05. The molecule has 1 fully saturated rings. The molecule has 2 rings (SSSR count). The first-order valence-electron chi connectivity index (χ1n) is 5.18. The van der Waals surface area contributed by atoms with Gasteiger partial charge in [-0.2, -0.15) is 4.37 Å². The molecule has 0 unspecified atom stereocenters. The third kappa shape index (κ3) is 2.45. The quantitative estimate of drug-likeness (QED) is 0.782. The summed E-state index contributed by atoms with van der Waals surface area (Å²) in [7, 11) is 0. The minimum Gasteiger partial charge on any atom is -0.306 e. The van der Waals surface area contributed by atoms with Gasteiger partial charge in [0.05, 0.1) is 0 Å². The SMILES string of the molecule is CC(C(=O)Nc1ccsn1)=C1CCCC1. The van der Waals surface area contributed by atoms with E-state index in [1.54, 1.807) is 0 Å². The number of carbonyl (C=O) groups is 1. The fourth-order valence-electron chi connectivity index (χ4n) is 1.82. The van der Waals surface area contributed by atoms with Crippen LogP contribution < -0.4 is 5.32 Å². The predicted octanol–water partition coefficient (Wildman–Crippen LogP) is 2.97. The van der Waals surface area contributed by atoms with Crippen molar-refractivity contribution in [1.29, 1.82) is 0 Å². The molecular weight excluding hydrogens is 208 g/mol. The van der Waals surface area contributed by atoms with Gasteiger partial charge in [0, 0.05) is 11.0 Å². The van der Waals surface area contributed by atoms with E-state index in [1.807, 2.05) is 18.4 Å². The molecule has 1 aliphatic carbocycles. The van der Waals surface area contributed by atoms with E-state index < -0.39 is 0 Å². The first kappa shape index (κ1) is 10.4. The van der Waals surface area contributed by atoms with Crippen LogP contribution >= 0.6 is 11.5 Å². The monoisotopic (exact) mass is 222 g/mol. The zero-order chi connectivity index (χ0) is 10.7. The maximum Gasteiger partial charge on any atom is 0.252 e. The molecule has 0 bridgehead atoms. The summed E-state index contributed by atoms with van der Waals surface area (Å²) in [4.78, 5) is 11.8. The molecule has 15 heavy (non-hydrogen) atoms. The Kier molecular flexibility index (Phi) is 3.16. The second-order valence-corrected chi connectivity index (χ2v) is 4.44. The molecular formula is C11H14N2OS. The van der Waals surface area contributed by atoms with Crippen LogP contribution in [0.5, 0.6) is 0 Å². The van der Waals surface area contributed by atoms with Gasteiger partial charge in [-0.1, -0.05) is 5.57 Å². The van der Waals surface area contributed by atoms with Crippen molar-refractivity contribution >= 4 is 23.3 Å². The molecule has 1 saturated carbocycles. The Labute approximate surface area is 93.4 Å². The zero-order valence-electron chi connectivity index (χ0n) is 8.75. The summed E-state index contributed by atoms with van der Waals surface area (Å²) in [5, 5.41) is 4.66. The number of anilines is 1. The van der Waals surface area contributed by atoms with Crippen LogP contribution in [0.15, 0.2) is 22.6 Å². The minimum absolute atomic E-state index is 0.00204. The van der Waals surface area contributed by atoms with E-state index in [0.717, 1.165) is 18.4 Å². The summed E-state index contributed by atoms with van der Waals surface area (Å²) in [5.41, 5.74) is 2.18. The van der Waals surface area contributed by atoms with Gasteiger partial charge >= 0.3 is 0 Å². The molecule has 1 heterocycles. The lowest BCUT2D eigenvalue weighted by atomic mass is 10.1. The van der Waals surface area contributed by atoms with Crippen molar-refractivity contribution in [2.45, 2.75) is 32.6 Å². The maximum absolute atomic E-state index is 11.8. The molecule has 3 nitrogen and oxygen atoms in total. The molecule has 0 radical (unpaired) electrons. The normalized spacial score (nSPS) is 15.4. The Hall–Kier alpha value is -1.16. The number of hydrogen-bond donors (Lipinski definition) is 1. The number of nitrogens with zero attached hydrogens (tertiary/aromatic N) is 1. The van der Waals surface area contributed by atoms with Crippen molar-refractivity contribution in [2.75, 3.05) is 5.32 Å². The summed E-state index contributed by atoms with van der Waals surface area (Å²) in [5.74, 6) is 0.653. The molecule has 0 aromatic carbocycles. The molecule has 0 spiro atoms. The van der Waals surface area contributed by atoms with Crippen molar-refractivity contribution in [2.24, 2.45) is 0 Å². The maximum atomic E-state index is 11.8. The fourth-order valence-corrected chi connectivity index (χ4v) is 2.30. The van der Waals surface area contributed by atoms with E-state index in [9.17, 15) is 4.79 Å². The lowest BCUT2D eigenvalue weighted by Crippen LogP contribution is -2.14. The van der Waals surface area contributed by atoms with Crippen LogP contribution in [0.25, 0.3) is 0 Å². The van der Waals surface area contributed by atoms with Crippen LogP contribution in [0.3, 0.4) is 0 Å². The molecule has 1 amide bonds. The van der Waals surface area contributed by atoms with E-state index in [1.165, 1.54) is 29.9 Å². The number of hydrogen-bond acceptors (Lipinski definition) is 3. The Morgan fingerprint density at radius 2 is 2.20 bits per heavy atom. The van der Waals surface area contributed by atoms with Gasteiger partial charge < -0.3 is 5.32 Å². The fraction of sp³-hybridized carbons (Fsp3) is 0.455. The van der Waals surface area contributed by atoms with Gasteiger partial charge in [-0.05, 0) is 50.2 Å². The van der Waals surface area contributed by atoms with Crippen LogP contribution in [0.2, 0.25) is 0 Å². The van der Waals surface area contributed by atoms with Crippen LogP contribution in [0.1, 0.15) is 32.6 Å². The highest BCUT2D eigenvalue weighted by atomic mass is 32.1. The molecule has 1 aliphatic rings. The number of allylic oxidation sites excluding steroid dienone is 1. The third-order valence-electron chi connectivity index (χ3n) is 2.76. The van der Waals surface area contributed by atoms with Crippen LogP contribution in [0.4, 0.5) is 5.82 Å². The van der Waals surface area contributed by atoms with E-state index in [0.29, 0.717) is 5.82 Å². The van der Waals surface area contributed by atoms with Gasteiger partial charge in [0.15, 0.2) is 0 Å². The molecule has 80 valence electrons. The van der Waals surface area contributed by atoms with Gasteiger partial charge in [-0.25, -0.2) is 0 Å². The highest BCUT2D eigenvalue weighted by Crippen LogP contribution is 2.27. The average molecular weight is 222 g/mol. The van der Waals surface area contributed by atoms with E-state index in [-0.39, 0.29) is 5.91 Å². The van der Waals surface area contributed by atoms with Gasteiger partial charge in [-0.3, -0.25) is 4.79 Å².